The molecule has 0 saturated carbocycles. The number of aromatic nitrogens is 2. The summed E-state index contributed by atoms with van der Waals surface area (Å²) in [5.74, 6) is 0.308. The molecule has 1 aliphatic rings. The van der Waals surface area contributed by atoms with Crippen LogP contribution >= 0.6 is 0 Å². The van der Waals surface area contributed by atoms with Crippen molar-refractivity contribution in [2.24, 2.45) is 7.05 Å². The second kappa shape index (κ2) is 4.48. The maximum absolute atomic E-state index is 10.7. The zero-order valence-electron chi connectivity index (χ0n) is 9.05. The first-order chi connectivity index (χ1) is 7.66. The molecule has 0 bridgehead atoms. The fourth-order valence-electron chi connectivity index (χ4n) is 1.75. The number of nitro groups is 1. The first-order valence-electron chi connectivity index (χ1n) is 5.20. The Morgan fingerprint density at radius 1 is 1.81 bits per heavy atom. The van der Waals surface area contributed by atoms with Crippen molar-refractivity contribution in [3.63, 3.8) is 0 Å². The SMILES string of the molecule is Cn1cc([N+](=O)[O-])c(NC[C@@H]2CCCO2)n1. The molecule has 16 heavy (non-hydrogen) atoms. The van der Waals surface area contributed by atoms with Gasteiger partial charge in [-0.1, -0.05) is 0 Å². The van der Waals surface area contributed by atoms with Gasteiger partial charge >= 0.3 is 5.69 Å². The molecule has 88 valence electrons. The van der Waals surface area contributed by atoms with Crippen LogP contribution in [0.4, 0.5) is 11.5 Å². The predicted molar refractivity (Wildman–Crippen MR) is 57.3 cm³/mol. The van der Waals surface area contributed by atoms with Crippen LogP contribution in [-0.4, -0.2) is 34.0 Å². The average Bonchev–Trinajstić information content (AvgIpc) is 2.83. The number of anilines is 1. The maximum Gasteiger partial charge on any atom is 0.330 e. The zero-order valence-corrected chi connectivity index (χ0v) is 9.05. The van der Waals surface area contributed by atoms with E-state index in [1.165, 1.54) is 10.9 Å². The summed E-state index contributed by atoms with van der Waals surface area (Å²) >= 11 is 0. The second-order valence-electron chi connectivity index (χ2n) is 3.81. The Balaban J connectivity index is 1.99. The Labute approximate surface area is 92.5 Å². The molecule has 0 aliphatic carbocycles. The summed E-state index contributed by atoms with van der Waals surface area (Å²) in [5, 5.41) is 17.7. The van der Waals surface area contributed by atoms with E-state index in [1.807, 2.05) is 0 Å². The first kappa shape index (κ1) is 10.9. The van der Waals surface area contributed by atoms with Gasteiger partial charge in [0.15, 0.2) is 0 Å². The lowest BCUT2D eigenvalue weighted by Crippen LogP contribution is -2.19. The molecule has 7 heteroatoms. The molecule has 0 spiro atoms. The minimum atomic E-state index is -0.440. The molecule has 1 aromatic rings. The van der Waals surface area contributed by atoms with Gasteiger partial charge in [-0.15, -0.1) is 5.10 Å². The fourth-order valence-corrected chi connectivity index (χ4v) is 1.75. The topological polar surface area (TPSA) is 82.2 Å². The van der Waals surface area contributed by atoms with Crippen LogP contribution < -0.4 is 5.32 Å². The molecule has 7 nitrogen and oxygen atoms in total. The number of hydrogen-bond acceptors (Lipinski definition) is 5. The standard InChI is InChI=1S/C9H14N4O3/c1-12-6-8(13(14)15)9(11-12)10-5-7-3-2-4-16-7/h6-7H,2-5H2,1H3,(H,10,11)/t7-/m0/s1. The number of aryl methyl sites for hydroxylation is 1. The lowest BCUT2D eigenvalue weighted by Gasteiger charge is -2.09. The van der Waals surface area contributed by atoms with E-state index in [4.69, 9.17) is 4.74 Å². The molecule has 0 unspecified atom stereocenters. The third kappa shape index (κ3) is 2.30. The quantitative estimate of drug-likeness (QED) is 0.609. The number of nitrogens with one attached hydrogen (secondary N) is 1. The molecule has 2 rings (SSSR count). The third-order valence-electron chi connectivity index (χ3n) is 2.53. The van der Waals surface area contributed by atoms with Crippen LogP contribution in [0.25, 0.3) is 0 Å². The summed E-state index contributed by atoms with van der Waals surface area (Å²) in [6, 6.07) is 0. The predicted octanol–water partition coefficient (Wildman–Crippen LogP) is 0.919. The van der Waals surface area contributed by atoms with Crippen molar-refractivity contribution in [3.05, 3.63) is 16.3 Å². The number of ether oxygens (including phenoxy) is 1. The Hall–Kier alpha value is -1.63. The van der Waals surface area contributed by atoms with Gasteiger partial charge < -0.3 is 10.1 Å². The highest BCUT2D eigenvalue weighted by atomic mass is 16.6. The minimum Gasteiger partial charge on any atom is -0.376 e. The maximum atomic E-state index is 10.7. The molecule has 2 heterocycles. The summed E-state index contributed by atoms with van der Waals surface area (Å²) in [6.45, 7) is 1.34. The van der Waals surface area contributed by atoms with Crippen molar-refractivity contribution >= 4 is 11.5 Å². The van der Waals surface area contributed by atoms with Gasteiger partial charge in [-0.2, -0.15) is 0 Å². The van der Waals surface area contributed by atoms with Gasteiger partial charge in [0.2, 0.25) is 5.82 Å². The van der Waals surface area contributed by atoms with Crippen LogP contribution in [0.1, 0.15) is 12.8 Å². The van der Waals surface area contributed by atoms with Gasteiger partial charge in [0, 0.05) is 20.2 Å². The lowest BCUT2D eigenvalue weighted by molar-refractivity contribution is -0.384. The van der Waals surface area contributed by atoms with Gasteiger partial charge in [0.05, 0.1) is 11.0 Å². The van der Waals surface area contributed by atoms with Gasteiger partial charge in [0.1, 0.15) is 6.20 Å². The number of nitrogens with zero attached hydrogens (tertiary/aromatic N) is 3. The van der Waals surface area contributed by atoms with Crippen molar-refractivity contribution in [3.8, 4) is 0 Å². The van der Waals surface area contributed by atoms with E-state index in [1.54, 1.807) is 7.05 Å². The number of rotatable bonds is 4. The van der Waals surface area contributed by atoms with E-state index in [0.717, 1.165) is 19.4 Å². The van der Waals surface area contributed by atoms with Crippen molar-refractivity contribution in [2.45, 2.75) is 18.9 Å². The number of hydrogen-bond donors (Lipinski definition) is 1. The highest BCUT2D eigenvalue weighted by Crippen LogP contribution is 2.22. The van der Waals surface area contributed by atoms with E-state index in [9.17, 15) is 10.1 Å². The Bertz CT molecular complexity index is 384. The monoisotopic (exact) mass is 226 g/mol. The van der Waals surface area contributed by atoms with Crippen molar-refractivity contribution in [1.29, 1.82) is 0 Å². The Morgan fingerprint density at radius 3 is 3.25 bits per heavy atom. The van der Waals surface area contributed by atoms with Crippen LogP contribution in [0.5, 0.6) is 0 Å². The highest BCUT2D eigenvalue weighted by Gasteiger charge is 2.21. The van der Waals surface area contributed by atoms with Crippen LogP contribution in [0, 0.1) is 10.1 Å². The third-order valence-corrected chi connectivity index (χ3v) is 2.53. The van der Waals surface area contributed by atoms with Gasteiger partial charge in [-0.05, 0) is 12.8 Å². The average molecular weight is 226 g/mol. The molecule has 1 N–H and O–H groups in total. The highest BCUT2D eigenvalue weighted by molar-refractivity contribution is 5.54. The molecule has 1 aliphatic heterocycles. The van der Waals surface area contributed by atoms with Crippen molar-refractivity contribution < 1.29 is 9.66 Å². The molecule has 0 aromatic carbocycles. The summed E-state index contributed by atoms with van der Waals surface area (Å²) in [4.78, 5) is 10.3. The van der Waals surface area contributed by atoms with Crippen LogP contribution in [-0.2, 0) is 11.8 Å². The van der Waals surface area contributed by atoms with Gasteiger partial charge in [-0.25, -0.2) is 0 Å². The molecule has 1 saturated heterocycles. The largest absolute Gasteiger partial charge is 0.376 e. The summed E-state index contributed by atoms with van der Waals surface area (Å²) in [5.41, 5.74) is 0.000460. The molecule has 1 fully saturated rings. The van der Waals surface area contributed by atoms with Crippen LogP contribution in [0.2, 0.25) is 0 Å². The van der Waals surface area contributed by atoms with E-state index >= 15 is 0 Å². The van der Waals surface area contributed by atoms with E-state index in [0.29, 0.717) is 12.4 Å². The minimum absolute atomic E-state index is 0.000460. The van der Waals surface area contributed by atoms with Crippen molar-refractivity contribution in [2.75, 3.05) is 18.5 Å². The molecule has 0 amide bonds. The fraction of sp³-hybridized carbons (Fsp3) is 0.667. The molecular formula is C9H14N4O3. The first-order valence-corrected chi connectivity index (χ1v) is 5.20. The van der Waals surface area contributed by atoms with E-state index < -0.39 is 4.92 Å². The van der Waals surface area contributed by atoms with Crippen molar-refractivity contribution in [1.82, 2.24) is 9.78 Å². The van der Waals surface area contributed by atoms with Gasteiger partial charge in [-0.3, -0.25) is 14.8 Å². The van der Waals surface area contributed by atoms with Crippen LogP contribution in [0.3, 0.4) is 0 Å². The van der Waals surface area contributed by atoms with Gasteiger partial charge in [0.25, 0.3) is 0 Å². The zero-order chi connectivity index (χ0) is 11.5. The smallest absolute Gasteiger partial charge is 0.330 e. The molecule has 1 aromatic heterocycles. The summed E-state index contributed by atoms with van der Waals surface area (Å²) < 4.78 is 6.84. The molecule has 0 radical (unpaired) electrons. The second-order valence-corrected chi connectivity index (χ2v) is 3.81. The van der Waals surface area contributed by atoms with E-state index in [2.05, 4.69) is 10.4 Å². The summed E-state index contributed by atoms with van der Waals surface area (Å²) in [7, 11) is 1.66. The lowest BCUT2D eigenvalue weighted by atomic mass is 10.2. The normalized spacial score (nSPS) is 19.9. The molecular weight excluding hydrogens is 212 g/mol. The molecule has 1 atom stereocenters. The summed E-state index contributed by atoms with van der Waals surface area (Å²) in [6.07, 6.45) is 3.57. The Morgan fingerprint density at radius 2 is 2.62 bits per heavy atom. The van der Waals surface area contributed by atoms with Crippen LogP contribution in [0.15, 0.2) is 6.20 Å². The van der Waals surface area contributed by atoms with E-state index in [-0.39, 0.29) is 11.8 Å². The Kier molecular flexibility index (Phi) is 3.04.